The first-order valence-electron chi connectivity index (χ1n) is 14.9. The van der Waals surface area contributed by atoms with E-state index in [-0.39, 0.29) is 40.3 Å². The minimum absolute atomic E-state index is 0.131. The molecule has 5 unspecified atom stereocenters. The van der Waals surface area contributed by atoms with E-state index in [1.165, 1.54) is 58.8 Å². The molecule has 0 bridgehead atoms. The van der Waals surface area contributed by atoms with Gasteiger partial charge in [0.2, 0.25) is 0 Å². The van der Waals surface area contributed by atoms with E-state index in [0.717, 1.165) is 24.2 Å². The maximum Gasteiger partial charge on any atom is 0.302 e. The van der Waals surface area contributed by atoms with Gasteiger partial charge in [-0.1, -0.05) is 85.7 Å². The fourth-order valence-corrected chi connectivity index (χ4v) is 12.1. The molecule has 4 nitrogen and oxygen atoms in total. The second-order valence-corrected chi connectivity index (χ2v) is 16.1. The van der Waals surface area contributed by atoms with E-state index in [1.54, 1.807) is 0 Å². The molecule has 4 aliphatic rings. The number of hydrogen-bond acceptors (Lipinski definition) is 4. The SMILES string of the molecule is CC(=O)OC1CC(OC(C)=O)[C@@]2(C)C(C1)C(Br)C(Br)[C@@H]1[C@@H]2CC[C@]2(C)[C@@H]([C@H](C)CCCC(C)C)CC[C@@H]12. The van der Waals surface area contributed by atoms with E-state index < -0.39 is 0 Å². The minimum Gasteiger partial charge on any atom is -0.462 e. The standard InChI is InChI=1S/C31H50Br2O4/c1-17(2)9-8-10-18(3)22-11-12-23-27-24(13-14-30(22,23)6)31(7)25(28(32)29(27)33)15-21(36-19(4)34)16-26(31)37-20(5)35/h17-18,21-29H,8-16H2,1-7H3/t18-,21?,22-,23+,24+,25?,26?,27+,28?,29?,30-,31-/m1/s1. The Morgan fingerprint density at radius 2 is 1.54 bits per heavy atom. The molecule has 4 aliphatic carbocycles. The molecule has 0 radical (unpaired) electrons. The second-order valence-electron chi connectivity index (χ2n) is 14.0. The van der Waals surface area contributed by atoms with Crippen molar-refractivity contribution >= 4 is 43.8 Å². The number of carbonyl (C=O) groups excluding carboxylic acids is 2. The lowest BCUT2D eigenvalue weighted by molar-refractivity contribution is -0.203. The Labute approximate surface area is 242 Å². The highest BCUT2D eigenvalue weighted by atomic mass is 79.9. The summed E-state index contributed by atoms with van der Waals surface area (Å²) < 4.78 is 11.8. The zero-order valence-electron chi connectivity index (χ0n) is 24.1. The molecule has 4 fully saturated rings. The van der Waals surface area contributed by atoms with Crippen LogP contribution in [0.15, 0.2) is 0 Å². The number of esters is 2. The van der Waals surface area contributed by atoms with Gasteiger partial charge in [-0.3, -0.25) is 9.59 Å². The van der Waals surface area contributed by atoms with Crippen LogP contribution in [-0.2, 0) is 19.1 Å². The maximum atomic E-state index is 12.3. The molecule has 0 saturated heterocycles. The molecule has 6 heteroatoms. The minimum atomic E-state index is -0.252. The first kappa shape index (κ1) is 29.9. The molecule has 0 heterocycles. The van der Waals surface area contributed by atoms with E-state index in [0.29, 0.717) is 34.4 Å². The lowest BCUT2D eigenvalue weighted by atomic mass is 9.43. The van der Waals surface area contributed by atoms with Crippen LogP contribution in [0, 0.1) is 52.3 Å². The summed E-state index contributed by atoms with van der Waals surface area (Å²) in [6, 6.07) is 0. The topological polar surface area (TPSA) is 52.6 Å². The van der Waals surface area contributed by atoms with Crippen LogP contribution in [0.25, 0.3) is 0 Å². The Kier molecular flexibility index (Phi) is 9.21. The highest BCUT2D eigenvalue weighted by molar-refractivity contribution is 9.12. The molecule has 4 rings (SSSR count). The van der Waals surface area contributed by atoms with Crippen molar-refractivity contribution in [3.63, 3.8) is 0 Å². The predicted molar refractivity (Wildman–Crippen MR) is 156 cm³/mol. The van der Waals surface area contributed by atoms with Crippen LogP contribution in [0.5, 0.6) is 0 Å². The first-order chi connectivity index (χ1) is 17.3. The van der Waals surface area contributed by atoms with Crippen LogP contribution in [0.2, 0.25) is 0 Å². The molecular formula is C31H50Br2O4. The summed E-state index contributed by atoms with van der Waals surface area (Å²) in [6.07, 6.45) is 10.2. The van der Waals surface area contributed by atoms with Gasteiger partial charge in [0.25, 0.3) is 0 Å². The zero-order valence-corrected chi connectivity index (χ0v) is 27.3. The van der Waals surface area contributed by atoms with Gasteiger partial charge in [-0.15, -0.1) is 0 Å². The molecule has 0 aromatic heterocycles. The number of halogens is 2. The van der Waals surface area contributed by atoms with Gasteiger partial charge in [-0.05, 0) is 78.9 Å². The van der Waals surface area contributed by atoms with E-state index in [4.69, 9.17) is 9.47 Å². The third-order valence-corrected chi connectivity index (χ3v) is 14.6. The summed E-state index contributed by atoms with van der Waals surface area (Å²) >= 11 is 8.40. The molecule has 37 heavy (non-hydrogen) atoms. The van der Waals surface area contributed by atoms with Crippen molar-refractivity contribution in [3.05, 3.63) is 0 Å². The monoisotopic (exact) mass is 644 g/mol. The average molecular weight is 647 g/mol. The summed E-state index contributed by atoms with van der Waals surface area (Å²) in [7, 11) is 0. The lowest BCUT2D eigenvalue weighted by Crippen LogP contribution is -2.66. The van der Waals surface area contributed by atoms with Crippen molar-refractivity contribution < 1.29 is 19.1 Å². The molecular weight excluding hydrogens is 596 g/mol. The van der Waals surface area contributed by atoms with Gasteiger partial charge in [-0.2, -0.15) is 0 Å². The lowest BCUT2D eigenvalue weighted by Gasteiger charge is -2.65. The number of alkyl halides is 2. The highest BCUT2D eigenvalue weighted by Gasteiger charge is 2.67. The van der Waals surface area contributed by atoms with Crippen LogP contribution in [-0.4, -0.2) is 33.8 Å². The van der Waals surface area contributed by atoms with E-state index in [9.17, 15) is 9.59 Å². The second kappa shape index (κ2) is 11.4. The van der Waals surface area contributed by atoms with Crippen LogP contribution in [0.1, 0.15) is 106 Å². The van der Waals surface area contributed by atoms with Gasteiger partial charge in [0.1, 0.15) is 12.2 Å². The fourth-order valence-electron chi connectivity index (χ4n) is 9.88. The summed E-state index contributed by atoms with van der Waals surface area (Å²) in [5.41, 5.74) is 0.250. The molecule has 4 saturated carbocycles. The molecule has 0 aromatic carbocycles. The maximum absolute atomic E-state index is 12.3. The third kappa shape index (κ3) is 5.46. The normalized spacial score (nSPS) is 45.9. The fraction of sp³-hybridized carbons (Fsp3) is 0.935. The molecule has 0 spiro atoms. The molecule has 12 atom stereocenters. The van der Waals surface area contributed by atoms with E-state index in [1.807, 2.05) is 0 Å². The van der Waals surface area contributed by atoms with Gasteiger partial charge in [0.15, 0.2) is 0 Å². The van der Waals surface area contributed by atoms with Crippen molar-refractivity contribution in [1.82, 2.24) is 0 Å². The van der Waals surface area contributed by atoms with Crippen LogP contribution >= 0.6 is 31.9 Å². The van der Waals surface area contributed by atoms with Crippen molar-refractivity contribution in [2.45, 2.75) is 128 Å². The molecule has 0 aliphatic heterocycles. The zero-order chi connectivity index (χ0) is 27.3. The van der Waals surface area contributed by atoms with Crippen molar-refractivity contribution in [3.8, 4) is 0 Å². The smallest absolute Gasteiger partial charge is 0.302 e. The largest absolute Gasteiger partial charge is 0.462 e. The number of ether oxygens (including phenoxy) is 2. The van der Waals surface area contributed by atoms with Crippen molar-refractivity contribution in [2.24, 2.45) is 52.3 Å². The van der Waals surface area contributed by atoms with E-state index >= 15 is 0 Å². The molecule has 0 aromatic rings. The van der Waals surface area contributed by atoms with E-state index in [2.05, 4.69) is 66.5 Å². The summed E-state index contributed by atoms with van der Waals surface area (Å²) in [4.78, 5) is 24.8. The number of fused-ring (bicyclic) bond motifs is 5. The molecule has 0 N–H and O–H groups in total. The van der Waals surface area contributed by atoms with Crippen LogP contribution in [0.4, 0.5) is 0 Å². The number of hydrogen-bond donors (Lipinski definition) is 0. The Hall–Kier alpha value is -0.100. The van der Waals surface area contributed by atoms with Gasteiger partial charge in [0.05, 0.1) is 0 Å². The van der Waals surface area contributed by atoms with Crippen LogP contribution in [0.3, 0.4) is 0 Å². The predicted octanol–water partition coefficient (Wildman–Crippen LogP) is 8.33. The van der Waals surface area contributed by atoms with Gasteiger partial charge in [-0.25, -0.2) is 0 Å². The Morgan fingerprint density at radius 1 is 0.865 bits per heavy atom. The van der Waals surface area contributed by atoms with Crippen molar-refractivity contribution in [2.75, 3.05) is 0 Å². The van der Waals surface area contributed by atoms with Gasteiger partial charge < -0.3 is 9.47 Å². The average Bonchev–Trinajstić information content (AvgIpc) is 3.15. The first-order valence-corrected chi connectivity index (χ1v) is 16.8. The van der Waals surface area contributed by atoms with Gasteiger partial charge >= 0.3 is 11.9 Å². The number of rotatable bonds is 7. The van der Waals surface area contributed by atoms with Crippen LogP contribution < -0.4 is 0 Å². The van der Waals surface area contributed by atoms with Crippen molar-refractivity contribution in [1.29, 1.82) is 0 Å². The van der Waals surface area contributed by atoms with Gasteiger partial charge in [0, 0.05) is 35.3 Å². The Balaban J connectivity index is 1.62. The Morgan fingerprint density at radius 3 is 2.16 bits per heavy atom. The summed E-state index contributed by atoms with van der Waals surface area (Å²) in [5.74, 6) is 3.90. The number of carbonyl (C=O) groups is 2. The molecule has 212 valence electrons. The quantitative estimate of drug-likeness (QED) is 0.206. The summed E-state index contributed by atoms with van der Waals surface area (Å²) in [6.45, 7) is 15.2. The molecule has 0 amide bonds. The highest BCUT2D eigenvalue weighted by Crippen LogP contribution is 2.70. The third-order valence-electron chi connectivity index (χ3n) is 11.5. The Bertz CT molecular complexity index is 847. The summed E-state index contributed by atoms with van der Waals surface area (Å²) in [5, 5.41) is 0.